The number of ether oxygens (including phenoxy) is 1. The molecule has 1 fully saturated rings. The van der Waals surface area contributed by atoms with Gasteiger partial charge in [0, 0.05) is 19.1 Å². The molecule has 2 atom stereocenters. The van der Waals surface area contributed by atoms with Gasteiger partial charge in [-0.15, -0.1) is 23.5 Å². The largest absolute Gasteiger partial charge is 0.414 e. The lowest BCUT2D eigenvalue weighted by atomic mass is 10.0. The third-order valence-electron chi connectivity index (χ3n) is 7.21. The summed E-state index contributed by atoms with van der Waals surface area (Å²) in [6.45, 7) is 12.9. The molecule has 1 saturated heterocycles. The predicted molar refractivity (Wildman–Crippen MR) is 156 cm³/mol. The zero-order valence-electron chi connectivity index (χ0n) is 22.2. The van der Waals surface area contributed by atoms with Crippen molar-refractivity contribution in [1.29, 1.82) is 0 Å². The molecule has 1 aliphatic heterocycles. The van der Waals surface area contributed by atoms with Gasteiger partial charge in [-0.05, 0) is 60.0 Å². The summed E-state index contributed by atoms with van der Waals surface area (Å²) < 4.78 is 13.1. The Morgan fingerprint density at radius 2 is 1.54 bits per heavy atom. The van der Waals surface area contributed by atoms with E-state index in [4.69, 9.17) is 9.16 Å². The van der Waals surface area contributed by atoms with E-state index in [1.165, 1.54) is 12.0 Å². The van der Waals surface area contributed by atoms with Gasteiger partial charge in [0.2, 0.25) is 0 Å². The minimum Gasteiger partial charge on any atom is -0.414 e. The first-order valence-electron chi connectivity index (χ1n) is 12.9. The summed E-state index contributed by atoms with van der Waals surface area (Å²) in [5, 5.41) is 11.3. The van der Waals surface area contributed by atoms with Crippen LogP contribution >= 0.6 is 23.5 Å². The smallest absolute Gasteiger partial charge is 0.192 e. The molecule has 1 N–H and O–H groups in total. The van der Waals surface area contributed by atoms with Crippen LogP contribution in [-0.2, 0) is 15.8 Å². The molecule has 2 aromatic carbocycles. The van der Waals surface area contributed by atoms with Gasteiger partial charge in [0.1, 0.15) is 0 Å². The van der Waals surface area contributed by atoms with Gasteiger partial charge < -0.3 is 14.3 Å². The van der Waals surface area contributed by atoms with Crippen molar-refractivity contribution in [2.24, 2.45) is 0 Å². The Morgan fingerprint density at radius 3 is 2.14 bits per heavy atom. The average molecular weight is 533 g/mol. The minimum absolute atomic E-state index is 0.0417. The second-order valence-electron chi connectivity index (χ2n) is 11.1. The van der Waals surface area contributed by atoms with E-state index < -0.39 is 14.4 Å². The molecule has 0 spiro atoms. The first kappa shape index (κ1) is 28.8. The fraction of sp³-hybridized carbons (Fsp3) is 0.586. The van der Waals surface area contributed by atoms with Crippen LogP contribution in [0, 0.1) is 0 Å². The van der Waals surface area contributed by atoms with Gasteiger partial charge in [-0.3, -0.25) is 0 Å². The Hall–Kier alpha value is -0.763. The molecule has 0 saturated carbocycles. The summed E-state index contributed by atoms with van der Waals surface area (Å²) in [7, 11) is -1.95. The maximum atomic E-state index is 11.2. The Kier molecular flexibility index (Phi) is 10.8. The fourth-order valence-electron chi connectivity index (χ4n) is 4.15. The number of hydrogen-bond acceptors (Lipinski definition) is 5. The molecule has 1 heterocycles. The standard InChI is InChI=1S/C29H44O3S2Si/c1-28(2,3)35(4,5)32-26(17-18-31-23-24-13-8-6-9-14-24)21-29(33-19-12-20-34-29)22-27(30)25-15-10-7-11-16-25/h6-11,13-16,26-27,30H,12,17-23H2,1-5H3/t26-,27+/m1/s1. The van der Waals surface area contributed by atoms with Crippen LogP contribution < -0.4 is 0 Å². The second kappa shape index (κ2) is 13.2. The van der Waals surface area contributed by atoms with Crippen molar-refractivity contribution in [1.82, 2.24) is 0 Å². The lowest BCUT2D eigenvalue weighted by Gasteiger charge is -2.44. The minimum atomic E-state index is -1.95. The van der Waals surface area contributed by atoms with Gasteiger partial charge in [0.15, 0.2) is 8.32 Å². The maximum Gasteiger partial charge on any atom is 0.192 e. The Labute approximate surface area is 222 Å². The molecule has 0 radical (unpaired) electrons. The Morgan fingerprint density at radius 1 is 0.943 bits per heavy atom. The number of rotatable bonds is 12. The van der Waals surface area contributed by atoms with E-state index >= 15 is 0 Å². The fourth-order valence-corrected chi connectivity index (χ4v) is 9.03. The Bertz CT molecular complexity index is 865. The Balaban J connectivity index is 1.72. The van der Waals surface area contributed by atoms with Crippen molar-refractivity contribution in [2.45, 2.75) is 87.5 Å². The van der Waals surface area contributed by atoms with Crippen molar-refractivity contribution in [2.75, 3.05) is 18.1 Å². The quantitative estimate of drug-likeness (QED) is 0.221. The van der Waals surface area contributed by atoms with Crippen molar-refractivity contribution in [3.05, 3.63) is 71.8 Å². The highest BCUT2D eigenvalue weighted by Gasteiger charge is 2.43. The number of hydrogen-bond donors (Lipinski definition) is 1. The molecule has 0 amide bonds. The van der Waals surface area contributed by atoms with E-state index in [9.17, 15) is 5.11 Å². The summed E-state index contributed by atoms with van der Waals surface area (Å²) >= 11 is 4.06. The first-order chi connectivity index (χ1) is 16.6. The number of benzene rings is 2. The van der Waals surface area contributed by atoms with Crippen LogP contribution in [0.1, 0.15) is 63.7 Å². The highest BCUT2D eigenvalue weighted by atomic mass is 32.2. The lowest BCUT2D eigenvalue weighted by molar-refractivity contribution is 0.0700. The molecule has 0 bridgehead atoms. The third kappa shape index (κ3) is 8.94. The van der Waals surface area contributed by atoms with Crippen LogP contribution in [0.15, 0.2) is 60.7 Å². The number of thioether (sulfide) groups is 2. The molecular weight excluding hydrogens is 489 g/mol. The van der Waals surface area contributed by atoms with Crippen molar-refractivity contribution in [3.63, 3.8) is 0 Å². The van der Waals surface area contributed by atoms with E-state index in [-0.39, 0.29) is 15.2 Å². The molecule has 194 valence electrons. The van der Waals surface area contributed by atoms with Crippen LogP contribution in [0.3, 0.4) is 0 Å². The van der Waals surface area contributed by atoms with E-state index in [1.807, 2.05) is 59.9 Å². The zero-order chi connectivity index (χ0) is 25.4. The van der Waals surface area contributed by atoms with E-state index in [1.54, 1.807) is 0 Å². The molecular formula is C29H44O3S2Si. The van der Waals surface area contributed by atoms with E-state index in [2.05, 4.69) is 58.1 Å². The zero-order valence-corrected chi connectivity index (χ0v) is 24.8. The maximum absolute atomic E-state index is 11.2. The van der Waals surface area contributed by atoms with Crippen molar-refractivity contribution < 1.29 is 14.3 Å². The number of aliphatic hydroxyl groups is 1. The molecule has 6 heteroatoms. The normalized spacial score (nSPS) is 18.2. The lowest BCUT2D eigenvalue weighted by Crippen LogP contribution is -2.46. The summed E-state index contributed by atoms with van der Waals surface area (Å²) in [5.74, 6) is 2.29. The van der Waals surface area contributed by atoms with E-state index in [0.717, 1.165) is 36.3 Å². The van der Waals surface area contributed by atoms with Gasteiger partial charge >= 0.3 is 0 Å². The monoisotopic (exact) mass is 532 g/mol. The summed E-state index contributed by atoms with van der Waals surface area (Å²) in [5.41, 5.74) is 2.21. The molecule has 0 aliphatic carbocycles. The highest BCUT2D eigenvalue weighted by Crippen LogP contribution is 2.52. The summed E-state index contributed by atoms with van der Waals surface area (Å²) in [6.07, 6.45) is 3.45. The van der Waals surface area contributed by atoms with Gasteiger partial charge in [-0.1, -0.05) is 81.4 Å². The van der Waals surface area contributed by atoms with Crippen LogP contribution in [0.5, 0.6) is 0 Å². The molecule has 3 rings (SSSR count). The SMILES string of the molecule is CC(C)(C)[Si](C)(C)O[C@H](CCOCc1ccccc1)CC1(C[C@H](O)c2ccccc2)SCCCS1. The van der Waals surface area contributed by atoms with Gasteiger partial charge in [-0.25, -0.2) is 0 Å². The first-order valence-corrected chi connectivity index (χ1v) is 17.8. The molecule has 2 aromatic rings. The molecule has 0 aromatic heterocycles. The highest BCUT2D eigenvalue weighted by molar-refractivity contribution is 8.18. The van der Waals surface area contributed by atoms with Crippen LogP contribution in [0.25, 0.3) is 0 Å². The third-order valence-corrected chi connectivity index (χ3v) is 15.2. The van der Waals surface area contributed by atoms with Gasteiger partial charge in [-0.2, -0.15) is 0 Å². The van der Waals surface area contributed by atoms with Gasteiger partial charge in [0.25, 0.3) is 0 Å². The van der Waals surface area contributed by atoms with Crippen molar-refractivity contribution >= 4 is 31.8 Å². The number of aliphatic hydroxyl groups excluding tert-OH is 1. The molecule has 0 unspecified atom stereocenters. The molecule has 35 heavy (non-hydrogen) atoms. The van der Waals surface area contributed by atoms with Crippen molar-refractivity contribution in [3.8, 4) is 0 Å². The predicted octanol–water partition coefficient (Wildman–Crippen LogP) is 8.06. The topological polar surface area (TPSA) is 38.7 Å². The van der Waals surface area contributed by atoms with Gasteiger partial charge in [0.05, 0.1) is 16.8 Å². The second-order valence-corrected chi connectivity index (χ2v) is 19.1. The van der Waals surface area contributed by atoms with Crippen LogP contribution in [0.2, 0.25) is 18.1 Å². The summed E-state index contributed by atoms with van der Waals surface area (Å²) in [4.78, 5) is 0. The van der Waals surface area contributed by atoms with E-state index in [0.29, 0.717) is 13.2 Å². The molecule has 3 nitrogen and oxygen atoms in total. The molecule has 1 aliphatic rings. The van der Waals surface area contributed by atoms with Crippen LogP contribution in [-0.4, -0.2) is 41.7 Å². The van der Waals surface area contributed by atoms with Crippen LogP contribution in [0.4, 0.5) is 0 Å². The summed E-state index contributed by atoms with van der Waals surface area (Å²) in [6, 6.07) is 20.5. The average Bonchev–Trinajstić information content (AvgIpc) is 2.82.